The monoisotopic (exact) mass is 413 g/mol. The first-order valence-electron chi connectivity index (χ1n) is 10.5. The molecule has 2 heterocycles. The van der Waals surface area contributed by atoms with Crippen LogP contribution in [0.2, 0.25) is 0 Å². The van der Waals surface area contributed by atoms with Gasteiger partial charge in [-0.15, -0.1) is 0 Å². The van der Waals surface area contributed by atoms with Crippen LogP contribution in [0.3, 0.4) is 0 Å². The zero-order valence-electron chi connectivity index (χ0n) is 18.1. The van der Waals surface area contributed by atoms with Crippen LogP contribution in [-0.2, 0) is 6.54 Å². The molecule has 2 N–H and O–H groups in total. The molecule has 4 aromatic rings. The van der Waals surface area contributed by atoms with E-state index in [2.05, 4.69) is 26.4 Å². The Labute approximate surface area is 182 Å². The molecule has 1 unspecified atom stereocenters. The van der Waals surface area contributed by atoms with Gasteiger partial charge in [-0.05, 0) is 49.6 Å². The lowest BCUT2D eigenvalue weighted by molar-refractivity contribution is 0.0933. The summed E-state index contributed by atoms with van der Waals surface area (Å²) < 4.78 is 1.95. The molecule has 0 saturated carbocycles. The molecule has 4 rings (SSSR count). The molecule has 0 fully saturated rings. The van der Waals surface area contributed by atoms with Crippen molar-refractivity contribution in [3.63, 3.8) is 0 Å². The molecule has 0 aliphatic rings. The van der Waals surface area contributed by atoms with Crippen molar-refractivity contribution in [3.05, 3.63) is 95.2 Å². The van der Waals surface area contributed by atoms with E-state index in [1.165, 1.54) is 0 Å². The number of H-pyrrole nitrogens is 1. The van der Waals surface area contributed by atoms with Crippen LogP contribution in [0.4, 0.5) is 0 Å². The van der Waals surface area contributed by atoms with Gasteiger partial charge in [-0.2, -0.15) is 5.10 Å². The Kier molecular flexibility index (Phi) is 5.98. The number of nitrogens with one attached hydrogen (secondary N) is 2. The predicted octanol–water partition coefficient (Wildman–Crippen LogP) is 4.82. The summed E-state index contributed by atoms with van der Waals surface area (Å²) in [6.45, 7) is 6.69. The molecule has 0 aliphatic heterocycles. The van der Waals surface area contributed by atoms with Crippen LogP contribution in [0.15, 0.2) is 66.9 Å². The second-order valence-electron chi connectivity index (χ2n) is 7.77. The van der Waals surface area contributed by atoms with E-state index >= 15 is 0 Å². The van der Waals surface area contributed by atoms with E-state index in [9.17, 15) is 4.79 Å². The molecule has 6 nitrogen and oxygen atoms in total. The van der Waals surface area contributed by atoms with Crippen molar-refractivity contribution in [1.29, 1.82) is 0 Å². The number of hydrogen-bond donors (Lipinski definition) is 2. The largest absolute Gasteiger partial charge is 0.342 e. The average Bonchev–Trinajstić information content (AvgIpc) is 3.39. The molecule has 1 amide bonds. The maximum atomic E-state index is 13.0. The second kappa shape index (κ2) is 9.00. The van der Waals surface area contributed by atoms with Gasteiger partial charge < -0.3 is 10.3 Å². The minimum absolute atomic E-state index is 0.111. The first kappa shape index (κ1) is 20.6. The summed E-state index contributed by atoms with van der Waals surface area (Å²) >= 11 is 0. The van der Waals surface area contributed by atoms with Crippen molar-refractivity contribution in [1.82, 2.24) is 25.1 Å². The van der Waals surface area contributed by atoms with Crippen molar-refractivity contribution in [2.75, 3.05) is 0 Å². The van der Waals surface area contributed by atoms with Gasteiger partial charge in [-0.1, -0.05) is 49.4 Å². The second-order valence-corrected chi connectivity index (χ2v) is 7.77. The Balaban J connectivity index is 1.48. The highest BCUT2D eigenvalue weighted by Gasteiger charge is 2.18. The molecule has 0 bridgehead atoms. The van der Waals surface area contributed by atoms with Gasteiger partial charge in [0.15, 0.2) is 0 Å². The number of aromatic amines is 1. The van der Waals surface area contributed by atoms with E-state index in [0.29, 0.717) is 12.1 Å². The van der Waals surface area contributed by atoms with Crippen LogP contribution in [0.1, 0.15) is 52.5 Å². The number of hydrogen-bond acceptors (Lipinski definition) is 3. The number of carbonyl (C=O) groups excluding carboxylic acids is 1. The minimum Gasteiger partial charge on any atom is -0.342 e. The van der Waals surface area contributed by atoms with Gasteiger partial charge in [-0.3, -0.25) is 9.48 Å². The number of nitrogens with zero attached hydrogens (tertiary/aromatic N) is 3. The Bertz CT molecular complexity index is 1180. The molecule has 2 aromatic heterocycles. The molecule has 0 spiro atoms. The first-order chi connectivity index (χ1) is 15.0. The molecule has 1 atom stereocenters. The maximum Gasteiger partial charge on any atom is 0.251 e. The fourth-order valence-corrected chi connectivity index (χ4v) is 3.70. The van der Waals surface area contributed by atoms with E-state index in [4.69, 9.17) is 0 Å². The van der Waals surface area contributed by atoms with Crippen LogP contribution in [0, 0.1) is 13.8 Å². The highest BCUT2D eigenvalue weighted by atomic mass is 16.1. The van der Waals surface area contributed by atoms with Crippen LogP contribution in [0.25, 0.3) is 11.3 Å². The molecule has 0 saturated heterocycles. The molecular formula is C25H27N5O. The minimum atomic E-state index is -0.190. The number of carbonyl (C=O) groups is 1. The summed E-state index contributed by atoms with van der Waals surface area (Å²) in [5.41, 5.74) is 5.77. The van der Waals surface area contributed by atoms with Gasteiger partial charge in [-0.25, -0.2) is 4.98 Å². The average molecular weight is 414 g/mol. The first-order valence-corrected chi connectivity index (χ1v) is 10.5. The van der Waals surface area contributed by atoms with Crippen LogP contribution in [0.5, 0.6) is 0 Å². The summed E-state index contributed by atoms with van der Waals surface area (Å²) in [7, 11) is 0. The third-order valence-corrected chi connectivity index (χ3v) is 5.35. The third-order valence-electron chi connectivity index (χ3n) is 5.35. The number of aromatic nitrogens is 4. The smallest absolute Gasteiger partial charge is 0.251 e. The van der Waals surface area contributed by atoms with E-state index in [0.717, 1.165) is 40.5 Å². The normalized spacial score (nSPS) is 12.0. The van der Waals surface area contributed by atoms with Gasteiger partial charge in [0.1, 0.15) is 5.82 Å². The van der Waals surface area contributed by atoms with E-state index in [1.54, 1.807) is 0 Å². The Hall–Kier alpha value is -3.67. The van der Waals surface area contributed by atoms with Gasteiger partial charge in [0, 0.05) is 11.3 Å². The van der Waals surface area contributed by atoms with Crippen molar-refractivity contribution in [3.8, 4) is 11.3 Å². The summed E-state index contributed by atoms with van der Waals surface area (Å²) in [5.74, 6) is 0.647. The molecule has 2 aromatic carbocycles. The van der Waals surface area contributed by atoms with Crippen molar-refractivity contribution < 1.29 is 4.79 Å². The highest BCUT2D eigenvalue weighted by molar-refractivity contribution is 5.94. The van der Waals surface area contributed by atoms with Crippen molar-refractivity contribution in [2.24, 2.45) is 0 Å². The fourth-order valence-electron chi connectivity index (χ4n) is 3.70. The molecule has 6 heteroatoms. The summed E-state index contributed by atoms with van der Waals surface area (Å²) in [4.78, 5) is 20.8. The SMILES string of the molecule is CCC(NC(=O)c1cccc(Cn2nc(C)cc2C)c1)c1ncc(-c2ccccc2)[nH]1. The molecule has 158 valence electrons. The molecule has 0 radical (unpaired) electrons. The van der Waals surface area contributed by atoms with Crippen LogP contribution < -0.4 is 5.32 Å². The molecule has 31 heavy (non-hydrogen) atoms. The Morgan fingerprint density at radius 2 is 1.90 bits per heavy atom. The predicted molar refractivity (Wildman–Crippen MR) is 122 cm³/mol. The molecule has 0 aliphatic carbocycles. The number of aryl methyl sites for hydroxylation is 2. The van der Waals surface area contributed by atoms with Gasteiger partial charge in [0.25, 0.3) is 5.91 Å². The van der Waals surface area contributed by atoms with Crippen molar-refractivity contribution in [2.45, 2.75) is 39.8 Å². The fraction of sp³-hybridized carbons (Fsp3) is 0.240. The van der Waals surface area contributed by atoms with E-state index in [-0.39, 0.29) is 11.9 Å². The number of amides is 1. The lowest BCUT2D eigenvalue weighted by Crippen LogP contribution is -2.29. The lowest BCUT2D eigenvalue weighted by Gasteiger charge is -2.15. The number of benzene rings is 2. The topological polar surface area (TPSA) is 75.6 Å². The van der Waals surface area contributed by atoms with Crippen LogP contribution >= 0.6 is 0 Å². The maximum absolute atomic E-state index is 13.0. The summed E-state index contributed by atoms with van der Waals surface area (Å²) in [5, 5.41) is 7.63. The Morgan fingerprint density at radius 1 is 1.10 bits per heavy atom. The molecular weight excluding hydrogens is 386 g/mol. The zero-order chi connectivity index (χ0) is 21.8. The highest BCUT2D eigenvalue weighted by Crippen LogP contribution is 2.21. The van der Waals surface area contributed by atoms with E-state index in [1.807, 2.05) is 86.2 Å². The zero-order valence-corrected chi connectivity index (χ0v) is 18.1. The summed E-state index contributed by atoms with van der Waals surface area (Å²) in [6.07, 6.45) is 2.55. The van der Waals surface area contributed by atoms with Gasteiger partial charge in [0.2, 0.25) is 0 Å². The van der Waals surface area contributed by atoms with E-state index < -0.39 is 0 Å². The standard InChI is InChI=1S/C25H27N5O/c1-4-22(24-26-15-23(27-24)20-10-6-5-7-11-20)28-25(31)21-12-8-9-19(14-21)16-30-18(3)13-17(2)29-30/h5-15,22H,4,16H2,1-3H3,(H,26,27)(H,28,31). The number of rotatable bonds is 7. The Morgan fingerprint density at radius 3 is 2.61 bits per heavy atom. The quantitative estimate of drug-likeness (QED) is 0.456. The summed E-state index contributed by atoms with van der Waals surface area (Å²) in [6, 6.07) is 19.6. The van der Waals surface area contributed by atoms with Crippen molar-refractivity contribution >= 4 is 5.91 Å². The number of imidazole rings is 1. The van der Waals surface area contributed by atoms with Gasteiger partial charge >= 0.3 is 0 Å². The van der Waals surface area contributed by atoms with Gasteiger partial charge in [0.05, 0.1) is 30.2 Å². The van der Waals surface area contributed by atoms with Crippen LogP contribution in [-0.4, -0.2) is 25.7 Å². The third kappa shape index (κ3) is 4.74. The lowest BCUT2D eigenvalue weighted by atomic mass is 10.1.